The molecule has 0 aliphatic heterocycles. The van der Waals surface area contributed by atoms with E-state index in [2.05, 4.69) is 48.4 Å². The molecule has 0 amide bonds. The Labute approximate surface area is 112 Å². The first-order valence-corrected chi connectivity index (χ1v) is 7.10. The molecule has 96 valence electrons. The van der Waals surface area contributed by atoms with Crippen LogP contribution in [0.3, 0.4) is 0 Å². The normalized spacial score (nSPS) is 12.6. The van der Waals surface area contributed by atoms with E-state index in [0.717, 1.165) is 17.5 Å². The highest BCUT2D eigenvalue weighted by Gasteiger charge is 2.12. The minimum absolute atomic E-state index is 0.326. The van der Waals surface area contributed by atoms with E-state index in [4.69, 9.17) is 4.42 Å². The van der Waals surface area contributed by atoms with Gasteiger partial charge in [0.1, 0.15) is 6.26 Å². The zero-order valence-electron chi connectivity index (χ0n) is 10.7. The molecule has 2 aromatic rings. The molecule has 1 aromatic carbocycles. The molecule has 0 aliphatic carbocycles. The molecule has 1 unspecified atom stereocenters. The van der Waals surface area contributed by atoms with Crippen molar-refractivity contribution in [3.8, 4) is 0 Å². The molecule has 1 heterocycles. The van der Waals surface area contributed by atoms with E-state index in [1.807, 2.05) is 0 Å². The first-order chi connectivity index (χ1) is 8.79. The van der Waals surface area contributed by atoms with Crippen molar-refractivity contribution in [3.05, 3.63) is 47.9 Å². The maximum Gasteiger partial charge on any atom is 0.255 e. The van der Waals surface area contributed by atoms with Gasteiger partial charge in [-0.3, -0.25) is 0 Å². The van der Waals surface area contributed by atoms with Gasteiger partial charge in [0.05, 0.1) is 6.20 Å². The molecule has 2 rings (SSSR count). The van der Waals surface area contributed by atoms with E-state index >= 15 is 0 Å². The van der Waals surface area contributed by atoms with E-state index in [1.54, 1.807) is 24.2 Å². The van der Waals surface area contributed by atoms with E-state index in [-0.39, 0.29) is 0 Å². The quantitative estimate of drug-likeness (QED) is 0.809. The van der Waals surface area contributed by atoms with E-state index in [0.29, 0.717) is 6.04 Å². The number of aryl methyl sites for hydroxylation is 1. The van der Waals surface area contributed by atoms with Gasteiger partial charge >= 0.3 is 0 Å². The van der Waals surface area contributed by atoms with Crippen molar-refractivity contribution in [3.63, 3.8) is 0 Å². The molecule has 0 aliphatic rings. The van der Waals surface area contributed by atoms with Crippen molar-refractivity contribution < 1.29 is 4.42 Å². The van der Waals surface area contributed by atoms with Crippen molar-refractivity contribution in [2.45, 2.75) is 25.1 Å². The van der Waals surface area contributed by atoms with Crippen LogP contribution in [-0.4, -0.2) is 17.3 Å². The lowest BCUT2D eigenvalue weighted by Gasteiger charge is -2.17. The molecule has 4 heteroatoms. The summed E-state index contributed by atoms with van der Waals surface area (Å²) in [5.41, 5.74) is 2.60. The Hall–Kier alpha value is -1.26. The van der Waals surface area contributed by atoms with Gasteiger partial charge < -0.3 is 9.73 Å². The number of benzene rings is 1. The van der Waals surface area contributed by atoms with Crippen LogP contribution in [0.2, 0.25) is 0 Å². The molecule has 0 saturated heterocycles. The number of aromatic nitrogens is 1. The van der Waals surface area contributed by atoms with Gasteiger partial charge in [0.2, 0.25) is 0 Å². The Morgan fingerprint density at radius 2 is 2.33 bits per heavy atom. The summed E-state index contributed by atoms with van der Waals surface area (Å²) in [6, 6.07) is 8.94. The number of hydrogen-bond donors (Lipinski definition) is 1. The van der Waals surface area contributed by atoms with Crippen LogP contribution in [-0.2, 0) is 0 Å². The number of thioether (sulfide) groups is 1. The Balaban J connectivity index is 2.03. The van der Waals surface area contributed by atoms with Crippen LogP contribution in [0.5, 0.6) is 0 Å². The highest BCUT2D eigenvalue weighted by atomic mass is 32.2. The summed E-state index contributed by atoms with van der Waals surface area (Å²) in [5.74, 6) is 0.914. The van der Waals surface area contributed by atoms with Crippen LogP contribution in [0.1, 0.15) is 24.1 Å². The van der Waals surface area contributed by atoms with Gasteiger partial charge in [-0.05, 0) is 19.0 Å². The summed E-state index contributed by atoms with van der Waals surface area (Å²) in [5, 5.41) is 4.23. The summed E-state index contributed by atoms with van der Waals surface area (Å²) in [4.78, 5) is 4.13. The molecule has 0 fully saturated rings. The van der Waals surface area contributed by atoms with Crippen LogP contribution < -0.4 is 5.32 Å². The molecule has 0 radical (unpaired) electrons. The van der Waals surface area contributed by atoms with Crippen LogP contribution in [0.25, 0.3) is 0 Å². The molecule has 1 aromatic heterocycles. The zero-order chi connectivity index (χ0) is 12.8. The summed E-state index contributed by atoms with van der Waals surface area (Å²) in [7, 11) is 0. The lowest BCUT2D eigenvalue weighted by Crippen LogP contribution is -2.23. The highest BCUT2D eigenvalue weighted by Crippen LogP contribution is 2.24. The van der Waals surface area contributed by atoms with E-state index in [9.17, 15) is 0 Å². The summed E-state index contributed by atoms with van der Waals surface area (Å²) in [6.45, 7) is 5.19. The Kier molecular flexibility index (Phi) is 4.84. The van der Waals surface area contributed by atoms with Crippen molar-refractivity contribution in [1.29, 1.82) is 0 Å². The fourth-order valence-corrected chi connectivity index (χ4v) is 2.72. The Morgan fingerprint density at radius 1 is 1.44 bits per heavy atom. The number of oxazole rings is 1. The molecule has 0 bridgehead atoms. The van der Waals surface area contributed by atoms with Crippen LogP contribution in [0.4, 0.5) is 0 Å². The van der Waals surface area contributed by atoms with Crippen LogP contribution >= 0.6 is 11.8 Å². The van der Waals surface area contributed by atoms with Gasteiger partial charge in [0.25, 0.3) is 5.22 Å². The number of nitrogens with one attached hydrogen (secondary N) is 1. The average Bonchev–Trinajstić information content (AvgIpc) is 2.87. The number of hydrogen-bond acceptors (Lipinski definition) is 4. The van der Waals surface area contributed by atoms with E-state index < -0.39 is 0 Å². The van der Waals surface area contributed by atoms with Crippen LogP contribution in [0, 0.1) is 6.92 Å². The SMILES string of the molecule is CCNC(CSc1ncco1)c1cccc(C)c1. The predicted octanol–water partition coefficient (Wildman–Crippen LogP) is 3.43. The van der Waals surface area contributed by atoms with Crippen molar-refractivity contribution >= 4 is 11.8 Å². The molecule has 3 nitrogen and oxygen atoms in total. The maximum absolute atomic E-state index is 5.25. The monoisotopic (exact) mass is 262 g/mol. The fraction of sp³-hybridized carbons (Fsp3) is 0.357. The molecule has 1 N–H and O–H groups in total. The van der Waals surface area contributed by atoms with Gasteiger partial charge in [0, 0.05) is 11.8 Å². The fourth-order valence-electron chi connectivity index (χ4n) is 1.84. The smallest absolute Gasteiger partial charge is 0.255 e. The largest absolute Gasteiger partial charge is 0.440 e. The minimum Gasteiger partial charge on any atom is -0.440 e. The second-order valence-corrected chi connectivity index (χ2v) is 5.10. The third-order valence-corrected chi connectivity index (χ3v) is 3.63. The van der Waals surface area contributed by atoms with Gasteiger partial charge in [-0.1, -0.05) is 48.5 Å². The van der Waals surface area contributed by atoms with E-state index in [1.165, 1.54) is 11.1 Å². The predicted molar refractivity (Wildman–Crippen MR) is 74.8 cm³/mol. The lowest BCUT2D eigenvalue weighted by molar-refractivity contribution is 0.453. The third kappa shape index (κ3) is 3.62. The molecular weight excluding hydrogens is 244 g/mol. The molecule has 0 spiro atoms. The van der Waals surface area contributed by atoms with Crippen LogP contribution in [0.15, 0.2) is 46.4 Å². The average molecular weight is 262 g/mol. The zero-order valence-corrected chi connectivity index (χ0v) is 11.5. The maximum atomic E-state index is 5.25. The number of rotatable bonds is 6. The second-order valence-electron chi connectivity index (χ2n) is 4.13. The van der Waals surface area contributed by atoms with Gasteiger partial charge in [-0.25, -0.2) is 4.98 Å². The Bertz CT molecular complexity index is 470. The summed E-state index contributed by atoms with van der Waals surface area (Å²) in [6.07, 6.45) is 3.29. The van der Waals surface area contributed by atoms with Gasteiger partial charge in [0.15, 0.2) is 0 Å². The molecule has 0 saturated carbocycles. The van der Waals surface area contributed by atoms with Crippen molar-refractivity contribution in [1.82, 2.24) is 10.3 Å². The standard InChI is InChI=1S/C14H18N2OS/c1-3-15-13(10-18-14-16-7-8-17-14)12-6-4-5-11(2)9-12/h4-9,13,15H,3,10H2,1-2H3. The first-order valence-electron chi connectivity index (χ1n) is 6.12. The Morgan fingerprint density at radius 3 is 3.00 bits per heavy atom. The minimum atomic E-state index is 0.326. The summed E-state index contributed by atoms with van der Waals surface area (Å²) < 4.78 is 5.25. The van der Waals surface area contributed by atoms with Crippen molar-refractivity contribution in [2.75, 3.05) is 12.3 Å². The highest BCUT2D eigenvalue weighted by molar-refractivity contribution is 7.99. The van der Waals surface area contributed by atoms with Gasteiger partial charge in [-0.15, -0.1) is 0 Å². The number of nitrogens with zero attached hydrogens (tertiary/aromatic N) is 1. The second kappa shape index (κ2) is 6.61. The van der Waals surface area contributed by atoms with Crippen molar-refractivity contribution in [2.24, 2.45) is 0 Å². The summed E-state index contributed by atoms with van der Waals surface area (Å²) >= 11 is 1.64. The third-order valence-electron chi connectivity index (χ3n) is 2.68. The molecule has 1 atom stereocenters. The lowest BCUT2D eigenvalue weighted by atomic mass is 10.1. The topological polar surface area (TPSA) is 38.1 Å². The molecular formula is C14H18N2OS. The first kappa shape index (κ1) is 13.2. The van der Waals surface area contributed by atoms with Gasteiger partial charge in [-0.2, -0.15) is 0 Å². The molecule has 18 heavy (non-hydrogen) atoms.